The van der Waals surface area contributed by atoms with E-state index in [1.807, 2.05) is 39.8 Å². The number of H-pyrrole nitrogens is 1. The lowest BCUT2D eigenvalue weighted by atomic mass is 10.1. The molecule has 8 heteroatoms. The smallest absolute Gasteiger partial charge is 0.197 e. The number of thiazole rings is 1. The number of aryl methyl sites for hydroxylation is 1. The molecular weight excluding hydrogens is 380 g/mol. The van der Waals surface area contributed by atoms with Crippen LogP contribution < -0.4 is 4.74 Å². The number of aromatic amines is 1. The first-order chi connectivity index (χ1) is 12.9. The van der Waals surface area contributed by atoms with Crippen LogP contribution in [-0.2, 0) is 16.6 Å². The van der Waals surface area contributed by atoms with Gasteiger partial charge in [0.25, 0.3) is 0 Å². The molecule has 0 saturated heterocycles. The summed E-state index contributed by atoms with van der Waals surface area (Å²) >= 11 is 1.54. The van der Waals surface area contributed by atoms with Crippen LogP contribution in [0.25, 0.3) is 21.3 Å². The van der Waals surface area contributed by atoms with E-state index in [0.717, 1.165) is 43.8 Å². The Morgan fingerprint density at radius 2 is 2.07 bits per heavy atom. The van der Waals surface area contributed by atoms with Crippen molar-refractivity contribution in [1.29, 1.82) is 0 Å². The molecule has 140 valence electrons. The van der Waals surface area contributed by atoms with Gasteiger partial charge < -0.3 is 9.72 Å². The van der Waals surface area contributed by atoms with Crippen molar-refractivity contribution in [1.82, 2.24) is 19.9 Å². The monoisotopic (exact) mass is 400 g/mol. The molecule has 1 atom stereocenters. The topological polar surface area (TPSA) is 80.8 Å². The summed E-state index contributed by atoms with van der Waals surface area (Å²) in [6.07, 6.45) is 1.84. The van der Waals surface area contributed by atoms with Crippen LogP contribution in [0.3, 0.4) is 0 Å². The number of rotatable bonds is 5. The number of nitrogens with one attached hydrogen (secondary N) is 1. The van der Waals surface area contributed by atoms with E-state index in [2.05, 4.69) is 19.9 Å². The molecule has 1 aromatic carbocycles. The number of ether oxygens (including phenoxy) is 1. The molecule has 0 unspecified atom stereocenters. The average molecular weight is 401 g/mol. The maximum absolute atomic E-state index is 13.0. The van der Waals surface area contributed by atoms with Crippen LogP contribution in [0, 0.1) is 13.8 Å². The van der Waals surface area contributed by atoms with Gasteiger partial charge in [0, 0.05) is 17.3 Å². The average Bonchev–Trinajstić information content (AvgIpc) is 3.26. The highest BCUT2D eigenvalue weighted by Crippen LogP contribution is 2.29. The predicted molar refractivity (Wildman–Crippen MR) is 109 cm³/mol. The van der Waals surface area contributed by atoms with Crippen molar-refractivity contribution in [3.05, 3.63) is 40.7 Å². The van der Waals surface area contributed by atoms with Gasteiger partial charge >= 0.3 is 0 Å². The van der Waals surface area contributed by atoms with E-state index >= 15 is 0 Å². The Morgan fingerprint density at radius 3 is 2.85 bits per heavy atom. The summed E-state index contributed by atoms with van der Waals surface area (Å²) < 4.78 is 19.9. The molecule has 4 aromatic rings. The second-order valence-corrected chi connectivity index (χ2v) is 8.92. The van der Waals surface area contributed by atoms with Crippen molar-refractivity contribution >= 4 is 43.4 Å². The molecular formula is C19H20N4O2S2. The lowest BCUT2D eigenvalue weighted by Gasteiger charge is -2.16. The molecule has 0 aliphatic heterocycles. The predicted octanol–water partition coefficient (Wildman–Crippen LogP) is 4.28. The first-order valence-corrected chi connectivity index (χ1v) is 10.9. The van der Waals surface area contributed by atoms with E-state index < -0.39 is 10.8 Å². The van der Waals surface area contributed by atoms with E-state index in [9.17, 15) is 4.21 Å². The van der Waals surface area contributed by atoms with Gasteiger partial charge in [-0.2, -0.15) is 0 Å². The highest BCUT2D eigenvalue weighted by atomic mass is 32.2. The first kappa shape index (κ1) is 18.1. The van der Waals surface area contributed by atoms with Gasteiger partial charge in [0.05, 0.1) is 49.6 Å². The summed E-state index contributed by atoms with van der Waals surface area (Å²) in [6, 6.07) is 3.87. The molecule has 1 N–H and O–H groups in total. The number of hydrogen-bond acceptors (Lipinski definition) is 6. The van der Waals surface area contributed by atoms with Crippen LogP contribution in [0.15, 0.2) is 29.0 Å². The summed E-state index contributed by atoms with van der Waals surface area (Å²) in [7, 11) is -1.34. The Kier molecular flexibility index (Phi) is 4.69. The molecule has 0 aliphatic rings. The van der Waals surface area contributed by atoms with E-state index in [4.69, 9.17) is 4.74 Å². The van der Waals surface area contributed by atoms with Gasteiger partial charge in [-0.15, -0.1) is 11.3 Å². The van der Waals surface area contributed by atoms with Gasteiger partial charge in [-0.25, -0.2) is 9.97 Å². The first-order valence-electron chi connectivity index (χ1n) is 8.66. The number of aromatic nitrogens is 4. The van der Waals surface area contributed by atoms with Gasteiger partial charge in [0.2, 0.25) is 0 Å². The van der Waals surface area contributed by atoms with Crippen LogP contribution in [0.1, 0.15) is 30.7 Å². The molecule has 0 amide bonds. The lowest BCUT2D eigenvalue weighted by Crippen LogP contribution is -2.11. The molecule has 27 heavy (non-hydrogen) atoms. The van der Waals surface area contributed by atoms with E-state index in [0.29, 0.717) is 5.16 Å². The molecule has 0 bridgehead atoms. The summed E-state index contributed by atoms with van der Waals surface area (Å²) in [5.41, 5.74) is 7.06. The van der Waals surface area contributed by atoms with Crippen LogP contribution in [-0.4, -0.2) is 30.2 Å². The lowest BCUT2D eigenvalue weighted by molar-refractivity contribution is 0.238. The zero-order chi connectivity index (χ0) is 19.1. The second kappa shape index (κ2) is 7.01. The van der Waals surface area contributed by atoms with Gasteiger partial charge in [-0.05, 0) is 39.8 Å². The molecule has 3 aromatic heterocycles. The fourth-order valence-corrected chi connectivity index (χ4v) is 4.86. The van der Waals surface area contributed by atoms with Crippen molar-refractivity contribution in [2.45, 2.75) is 44.7 Å². The highest BCUT2D eigenvalue weighted by Gasteiger charge is 2.18. The van der Waals surface area contributed by atoms with Crippen molar-refractivity contribution in [3.8, 4) is 5.75 Å². The number of benzene rings is 1. The van der Waals surface area contributed by atoms with Crippen molar-refractivity contribution < 1.29 is 8.95 Å². The van der Waals surface area contributed by atoms with E-state index in [-0.39, 0.29) is 11.9 Å². The number of nitrogens with zero attached hydrogens (tertiary/aromatic N) is 3. The third kappa shape index (κ3) is 3.35. The zero-order valence-electron chi connectivity index (χ0n) is 15.6. The molecule has 0 spiro atoms. The van der Waals surface area contributed by atoms with Crippen molar-refractivity contribution in [2.24, 2.45) is 0 Å². The largest absolute Gasteiger partial charge is 0.490 e. The SMILES string of the molecule is Cc1cnc(C[S@@](=O)c2nc3c(ccc4ncsc43)[nH]2)c(C)c1OC(C)C. The standard InChI is InChI=1S/C19H20N4O2S2/c1-10(2)25-17-11(3)7-20-15(12(17)4)8-27(24)19-22-13-5-6-14-18(16(13)23-19)26-9-21-14/h5-7,9-10H,8H2,1-4H3,(H,22,23)/t27-/m1/s1. The van der Waals surface area contributed by atoms with Crippen LogP contribution in [0.4, 0.5) is 0 Å². The molecule has 6 nitrogen and oxygen atoms in total. The minimum absolute atomic E-state index is 0.0698. The molecule has 4 rings (SSSR count). The van der Waals surface area contributed by atoms with Crippen LogP contribution in [0.2, 0.25) is 0 Å². The summed E-state index contributed by atoms with van der Waals surface area (Å²) in [6.45, 7) is 7.92. The van der Waals surface area contributed by atoms with Crippen molar-refractivity contribution in [3.63, 3.8) is 0 Å². The molecule has 0 saturated carbocycles. The number of imidazole rings is 1. The second-order valence-electron chi connectivity index (χ2n) is 6.70. The minimum atomic E-state index is -1.34. The Balaban J connectivity index is 1.67. The Labute approximate surface area is 163 Å². The summed E-state index contributed by atoms with van der Waals surface area (Å²) in [4.78, 5) is 16.6. The van der Waals surface area contributed by atoms with Crippen LogP contribution in [0.5, 0.6) is 5.75 Å². The Bertz CT molecular complexity index is 1160. The van der Waals surface area contributed by atoms with Crippen LogP contribution >= 0.6 is 11.3 Å². The molecule has 3 heterocycles. The minimum Gasteiger partial charge on any atom is -0.490 e. The Morgan fingerprint density at radius 1 is 1.26 bits per heavy atom. The van der Waals surface area contributed by atoms with Gasteiger partial charge in [-0.1, -0.05) is 0 Å². The number of pyridine rings is 1. The van der Waals surface area contributed by atoms with Gasteiger partial charge in [-0.3, -0.25) is 9.19 Å². The normalized spacial score (nSPS) is 12.9. The number of fused-ring (bicyclic) bond motifs is 3. The van der Waals surface area contributed by atoms with Gasteiger partial charge in [0.15, 0.2) is 5.16 Å². The maximum Gasteiger partial charge on any atom is 0.197 e. The van der Waals surface area contributed by atoms with Gasteiger partial charge in [0.1, 0.15) is 11.3 Å². The summed E-state index contributed by atoms with van der Waals surface area (Å²) in [5.74, 6) is 1.11. The zero-order valence-corrected chi connectivity index (χ0v) is 17.2. The number of hydrogen-bond donors (Lipinski definition) is 1. The fourth-order valence-electron chi connectivity index (χ4n) is 2.99. The maximum atomic E-state index is 13.0. The van der Waals surface area contributed by atoms with Crippen molar-refractivity contribution in [2.75, 3.05) is 0 Å². The molecule has 0 fully saturated rings. The molecule has 0 aliphatic carbocycles. The van der Waals surface area contributed by atoms with E-state index in [1.165, 1.54) is 11.3 Å². The molecule has 0 radical (unpaired) electrons. The van der Waals surface area contributed by atoms with E-state index in [1.54, 1.807) is 11.7 Å². The quantitative estimate of drug-likeness (QED) is 0.541. The summed E-state index contributed by atoms with van der Waals surface area (Å²) in [5, 5.41) is 0.457. The fraction of sp³-hybridized carbons (Fsp3) is 0.316. The highest BCUT2D eigenvalue weighted by molar-refractivity contribution is 7.84. The third-order valence-corrected chi connectivity index (χ3v) is 6.32. The third-order valence-electron chi connectivity index (χ3n) is 4.31. The Hall–Kier alpha value is -2.32.